The predicted molar refractivity (Wildman–Crippen MR) is 45.6 cm³/mol. The van der Waals surface area contributed by atoms with Crippen molar-refractivity contribution in [2.24, 2.45) is 0 Å². The highest BCUT2D eigenvalue weighted by Crippen LogP contribution is 2.27. The van der Waals surface area contributed by atoms with Gasteiger partial charge in [0.1, 0.15) is 0 Å². The molecule has 0 aliphatic rings. The molecule has 0 atom stereocenters. The monoisotopic (exact) mass is 230 g/mol. The van der Waals surface area contributed by atoms with Crippen LogP contribution in [0, 0.1) is 0 Å². The summed E-state index contributed by atoms with van der Waals surface area (Å²) in [6.45, 7) is 3.17. The molecule has 0 unspecified atom stereocenters. The number of hydrogen-bond donors (Lipinski definition) is 0. The lowest BCUT2D eigenvalue weighted by molar-refractivity contribution is -0.160. The van der Waals surface area contributed by atoms with E-state index in [0.29, 0.717) is 0 Å². The van der Waals surface area contributed by atoms with E-state index in [0.717, 1.165) is 13.8 Å². The van der Waals surface area contributed by atoms with E-state index < -0.39 is 26.3 Å². The second kappa shape index (κ2) is 4.20. The molecule has 0 amide bonds. The van der Waals surface area contributed by atoms with E-state index in [2.05, 4.69) is 4.74 Å². The summed E-state index contributed by atoms with van der Waals surface area (Å²) < 4.78 is 52.0. The first-order valence-corrected chi connectivity index (χ1v) is 5.51. The summed E-state index contributed by atoms with van der Waals surface area (Å²) in [6.07, 6.45) is 0. The zero-order valence-corrected chi connectivity index (χ0v) is 8.90. The van der Waals surface area contributed by atoms with Gasteiger partial charge in [-0.3, -0.25) is 0 Å². The highest BCUT2D eigenvalue weighted by Gasteiger charge is 2.55. The van der Waals surface area contributed by atoms with Crippen LogP contribution in [-0.2, 0) is 19.4 Å². The van der Waals surface area contributed by atoms with Gasteiger partial charge in [0.15, 0.2) is 0 Å². The molecule has 0 saturated carbocycles. The lowest BCUT2D eigenvalue weighted by Crippen LogP contribution is -2.43. The van der Waals surface area contributed by atoms with Crippen molar-refractivity contribution < 1.29 is 26.7 Å². The summed E-state index contributed by atoms with van der Waals surface area (Å²) in [5, 5.41) is -5.79. The van der Waals surface area contributed by atoms with Crippen LogP contribution in [0.3, 0.4) is 0 Å². The number of esters is 1. The van der Waals surface area contributed by atoms with Crippen molar-refractivity contribution in [2.75, 3.05) is 6.61 Å². The molecule has 0 aromatic heterocycles. The summed E-state index contributed by atoms with van der Waals surface area (Å²) >= 11 is 0. The Kier molecular flexibility index (Phi) is 3.99. The van der Waals surface area contributed by atoms with Crippen LogP contribution in [0.25, 0.3) is 0 Å². The molecule has 0 aliphatic carbocycles. The molecule has 0 radical (unpaired) electrons. The minimum Gasteiger partial charge on any atom is -0.461 e. The molecule has 0 bridgehead atoms. The highest BCUT2D eigenvalue weighted by atomic mass is 32.2. The fourth-order valence-corrected chi connectivity index (χ4v) is 1.51. The Morgan fingerprint density at radius 3 is 2.14 bits per heavy atom. The van der Waals surface area contributed by atoms with Crippen LogP contribution in [-0.4, -0.2) is 31.5 Å². The average molecular weight is 230 g/mol. The van der Waals surface area contributed by atoms with Crippen LogP contribution in [0.5, 0.6) is 0 Å². The van der Waals surface area contributed by atoms with Gasteiger partial charge in [-0.2, -0.15) is 8.78 Å². The Hall–Kier alpha value is -0.720. The van der Waals surface area contributed by atoms with Crippen molar-refractivity contribution in [1.82, 2.24) is 0 Å². The minimum absolute atomic E-state index is 0.290. The van der Waals surface area contributed by atoms with Crippen molar-refractivity contribution in [3.8, 4) is 0 Å². The molecule has 4 nitrogen and oxygen atoms in total. The highest BCUT2D eigenvalue weighted by molar-refractivity contribution is 7.93. The maximum atomic E-state index is 13.0. The van der Waals surface area contributed by atoms with Crippen LogP contribution in [0.1, 0.15) is 20.8 Å². The SMILES string of the molecule is CCOC(=O)C(F)(F)S(=O)(=O)C(C)C. The van der Waals surface area contributed by atoms with Gasteiger partial charge in [-0.15, -0.1) is 0 Å². The number of halogens is 2. The standard InChI is InChI=1S/C7H12F2O4S/c1-4-13-6(10)7(8,9)14(11,12)5(2)3/h5H,4H2,1-3H3. The smallest absolute Gasteiger partial charge is 0.440 e. The summed E-state index contributed by atoms with van der Waals surface area (Å²) in [6, 6.07) is 0. The third-order valence-corrected chi connectivity index (χ3v) is 3.61. The first kappa shape index (κ1) is 13.3. The van der Waals surface area contributed by atoms with E-state index in [1.54, 1.807) is 0 Å². The van der Waals surface area contributed by atoms with E-state index in [9.17, 15) is 22.0 Å². The van der Waals surface area contributed by atoms with E-state index >= 15 is 0 Å². The van der Waals surface area contributed by atoms with Crippen LogP contribution in [0.2, 0.25) is 0 Å². The van der Waals surface area contributed by atoms with Crippen molar-refractivity contribution in [3.05, 3.63) is 0 Å². The third-order valence-electron chi connectivity index (χ3n) is 1.49. The molecule has 0 N–H and O–H groups in total. The van der Waals surface area contributed by atoms with Gasteiger partial charge in [0, 0.05) is 0 Å². The van der Waals surface area contributed by atoms with Gasteiger partial charge in [0.25, 0.3) is 0 Å². The van der Waals surface area contributed by atoms with Gasteiger partial charge in [-0.05, 0) is 20.8 Å². The van der Waals surface area contributed by atoms with Gasteiger partial charge < -0.3 is 4.74 Å². The number of ether oxygens (including phenoxy) is 1. The largest absolute Gasteiger partial charge is 0.461 e. The first-order chi connectivity index (χ1) is 6.17. The van der Waals surface area contributed by atoms with Crippen molar-refractivity contribution >= 4 is 15.8 Å². The van der Waals surface area contributed by atoms with Crippen LogP contribution >= 0.6 is 0 Å². The van der Waals surface area contributed by atoms with Crippen molar-refractivity contribution in [3.63, 3.8) is 0 Å². The maximum absolute atomic E-state index is 13.0. The number of alkyl halides is 2. The predicted octanol–water partition coefficient (Wildman–Crippen LogP) is 0.966. The Labute approximate surface area is 81.2 Å². The van der Waals surface area contributed by atoms with Crippen molar-refractivity contribution in [1.29, 1.82) is 0 Å². The normalized spacial score (nSPS) is 13.0. The molecule has 0 aromatic rings. The molecule has 0 saturated heterocycles. The quantitative estimate of drug-likeness (QED) is 0.675. The molecule has 0 aliphatic heterocycles. The van der Waals surface area contributed by atoms with Gasteiger partial charge in [-0.25, -0.2) is 13.2 Å². The van der Waals surface area contributed by atoms with Gasteiger partial charge >= 0.3 is 11.2 Å². The van der Waals surface area contributed by atoms with Gasteiger partial charge in [0.05, 0.1) is 11.9 Å². The summed E-state index contributed by atoms with van der Waals surface area (Å²) in [4.78, 5) is 10.7. The Balaban J connectivity index is 5.06. The van der Waals surface area contributed by atoms with Gasteiger partial charge in [0.2, 0.25) is 9.84 Å². The summed E-state index contributed by atoms with van der Waals surface area (Å²) in [5.41, 5.74) is 0. The van der Waals surface area contributed by atoms with Crippen LogP contribution in [0.4, 0.5) is 8.78 Å². The summed E-state index contributed by atoms with van der Waals surface area (Å²) in [7, 11) is -4.81. The number of carbonyl (C=O) groups excluding carboxylic acids is 1. The topological polar surface area (TPSA) is 60.4 Å². The second-order valence-electron chi connectivity index (χ2n) is 2.83. The van der Waals surface area contributed by atoms with E-state index in [4.69, 9.17) is 0 Å². The first-order valence-electron chi connectivity index (χ1n) is 3.96. The molecule has 14 heavy (non-hydrogen) atoms. The molecule has 0 rings (SSSR count). The number of carbonyl (C=O) groups is 1. The molecular weight excluding hydrogens is 218 g/mol. The Morgan fingerprint density at radius 1 is 1.43 bits per heavy atom. The summed E-state index contributed by atoms with van der Waals surface area (Å²) in [5.74, 6) is -2.02. The fourth-order valence-electron chi connectivity index (χ4n) is 0.627. The molecular formula is C7H12F2O4S. The van der Waals surface area contributed by atoms with Crippen molar-refractivity contribution in [2.45, 2.75) is 31.3 Å². The zero-order valence-electron chi connectivity index (χ0n) is 8.08. The third kappa shape index (κ3) is 2.20. The maximum Gasteiger partial charge on any atom is 0.440 e. The minimum atomic E-state index is -4.81. The lowest BCUT2D eigenvalue weighted by atomic mass is 10.6. The molecule has 0 heterocycles. The van der Waals surface area contributed by atoms with E-state index in [-0.39, 0.29) is 6.61 Å². The molecule has 0 fully saturated rings. The number of rotatable bonds is 4. The van der Waals surface area contributed by atoms with E-state index in [1.807, 2.05) is 0 Å². The second-order valence-corrected chi connectivity index (χ2v) is 5.38. The Morgan fingerprint density at radius 2 is 1.86 bits per heavy atom. The van der Waals surface area contributed by atoms with Crippen LogP contribution in [0.15, 0.2) is 0 Å². The number of sulfone groups is 1. The van der Waals surface area contributed by atoms with Gasteiger partial charge in [-0.1, -0.05) is 0 Å². The molecule has 7 heteroatoms. The lowest BCUT2D eigenvalue weighted by Gasteiger charge is -2.17. The molecule has 84 valence electrons. The number of hydrogen-bond acceptors (Lipinski definition) is 4. The van der Waals surface area contributed by atoms with Crippen LogP contribution < -0.4 is 0 Å². The zero-order chi connectivity index (χ0) is 11.6. The average Bonchev–Trinajstić information content (AvgIpc) is 2.04. The van der Waals surface area contributed by atoms with E-state index in [1.165, 1.54) is 6.92 Å². The molecule has 0 spiro atoms. The Bertz CT molecular complexity index is 308. The fraction of sp³-hybridized carbons (Fsp3) is 0.857. The molecule has 0 aromatic carbocycles.